The van der Waals surface area contributed by atoms with Crippen molar-refractivity contribution in [3.05, 3.63) is 59.0 Å². The lowest BCUT2D eigenvalue weighted by atomic mass is 10.0. The van der Waals surface area contributed by atoms with Crippen molar-refractivity contribution in [2.24, 2.45) is 0 Å². The summed E-state index contributed by atoms with van der Waals surface area (Å²) in [7, 11) is -3.69. The number of benzene rings is 1. The number of sulfonamides is 1. The van der Waals surface area contributed by atoms with E-state index in [1.807, 2.05) is 6.92 Å². The molecule has 1 heterocycles. The molecule has 5 nitrogen and oxygen atoms in total. The van der Waals surface area contributed by atoms with Gasteiger partial charge in [0.05, 0.1) is 11.3 Å². The molecule has 0 aliphatic heterocycles. The number of aromatic nitrogens is 1. The lowest BCUT2D eigenvalue weighted by molar-refractivity contribution is 0.204. The highest BCUT2D eigenvalue weighted by atomic mass is 35.5. The summed E-state index contributed by atoms with van der Waals surface area (Å²) >= 11 is 5.99. The Bertz CT molecular complexity index is 832. The third-order valence-electron chi connectivity index (χ3n) is 3.68. The fraction of sp³-hybridized carbons (Fsp3) is 0.353. The Morgan fingerprint density at radius 1 is 1.32 bits per heavy atom. The molecule has 136 valence electrons. The molecule has 0 bridgehead atoms. The van der Waals surface area contributed by atoms with Crippen LogP contribution < -0.4 is 9.46 Å². The zero-order valence-corrected chi connectivity index (χ0v) is 15.6. The Morgan fingerprint density at radius 3 is 2.72 bits per heavy atom. The maximum Gasteiger partial charge on any atom is 0.232 e. The van der Waals surface area contributed by atoms with Crippen LogP contribution in [0.5, 0.6) is 5.88 Å². The average molecular weight is 387 g/mol. The summed E-state index contributed by atoms with van der Waals surface area (Å²) in [5.74, 6) is -0.544. The zero-order valence-electron chi connectivity index (χ0n) is 14.0. The van der Waals surface area contributed by atoms with Crippen LogP contribution in [0.1, 0.15) is 25.8 Å². The molecule has 2 aromatic rings. The van der Waals surface area contributed by atoms with Crippen molar-refractivity contribution in [3.63, 3.8) is 0 Å². The van der Waals surface area contributed by atoms with E-state index in [0.29, 0.717) is 17.0 Å². The van der Waals surface area contributed by atoms with Gasteiger partial charge in [-0.25, -0.2) is 22.5 Å². The van der Waals surface area contributed by atoms with Gasteiger partial charge in [0.2, 0.25) is 15.9 Å². The van der Waals surface area contributed by atoms with E-state index in [4.69, 9.17) is 16.3 Å². The molecule has 2 rings (SSSR count). The summed E-state index contributed by atoms with van der Waals surface area (Å²) in [6.45, 7) is 3.63. The highest BCUT2D eigenvalue weighted by molar-refractivity contribution is 7.88. The second-order valence-electron chi connectivity index (χ2n) is 5.98. The first-order valence-electron chi connectivity index (χ1n) is 7.72. The molecular formula is C17H20ClFN2O3S. The maximum absolute atomic E-state index is 13.2. The van der Waals surface area contributed by atoms with Crippen molar-refractivity contribution >= 4 is 21.6 Å². The third-order valence-corrected chi connectivity index (χ3v) is 5.48. The summed E-state index contributed by atoms with van der Waals surface area (Å²) in [5, 5.41) is 0.351. The quantitative estimate of drug-likeness (QED) is 0.753. The number of pyridine rings is 1. The largest absolute Gasteiger partial charge is 0.475 e. The van der Waals surface area contributed by atoms with E-state index in [2.05, 4.69) is 9.71 Å². The van der Waals surface area contributed by atoms with E-state index in [9.17, 15) is 12.8 Å². The molecule has 0 aliphatic carbocycles. The Labute approximate surface area is 152 Å². The summed E-state index contributed by atoms with van der Waals surface area (Å²) in [5.41, 5.74) is -0.479. The van der Waals surface area contributed by atoms with Crippen LogP contribution in [0, 0.1) is 5.82 Å². The van der Waals surface area contributed by atoms with Crippen LogP contribution >= 0.6 is 11.6 Å². The molecule has 0 amide bonds. The van der Waals surface area contributed by atoms with Gasteiger partial charge in [-0.15, -0.1) is 0 Å². The van der Waals surface area contributed by atoms with Crippen molar-refractivity contribution in [1.29, 1.82) is 0 Å². The van der Waals surface area contributed by atoms with Gasteiger partial charge in [-0.2, -0.15) is 0 Å². The predicted octanol–water partition coefficient (Wildman–Crippen LogP) is 3.54. The molecule has 0 fully saturated rings. The van der Waals surface area contributed by atoms with Gasteiger partial charge < -0.3 is 4.74 Å². The second kappa shape index (κ2) is 8.12. The Balaban J connectivity index is 2.06. The van der Waals surface area contributed by atoms with E-state index in [1.54, 1.807) is 31.3 Å². The zero-order chi connectivity index (χ0) is 18.5. The van der Waals surface area contributed by atoms with Gasteiger partial charge in [-0.1, -0.05) is 30.7 Å². The third kappa shape index (κ3) is 5.95. The molecule has 0 radical (unpaired) electrons. The van der Waals surface area contributed by atoms with E-state index in [1.165, 1.54) is 18.2 Å². The highest BCUT2D eigenvalue weighted by Crippen LogP contribution is 2.22. The van der Waals surface area contributed by atoms with E-state index < -0.39 is 21.4 Å². The first-order chi connectivity index (χ1) is 11.7. The number of hydrogen-bond donors (Lipinski definition) is 1. The lowest BCUT2D eigenvalue weighted by Gasteiger charge is -2.29. The standard InChI is InChI=1S/C17H20ClFN2O3S/c1-3-17(2,12-24-16-15(18)8-5-9-20-16)21-25(22,23)11-13-6-4-7-14(19)10-13/h4-10,21H,3,11-12H2,1-2H3. The summed E-state index contributed by atoms with van der Waals surface area (Å²) in [6, 6.07) is 8.83. The van der Waals surface area contributed by atoms with Crippen molar-refractivity contribution in [1.82, 2.24) is 9.71 Å². The van der Waals surface area contributed by atoms with Crippen LogP contribution in [0.25, 0.3) is 0 Å². The Kier molecular flexibility index (Phi) is 6.37. The molecule has 0 aliphatic rings. The number of nitrogens with one attached hydrogen (secondary N) is 1. The topological polar surface area (TPSA) is 68.3 Å². The van der Waals surface area contributed by atoms with Gasteiger partial charge >= 0.3 is 0 Å². The summed E-state index contributed by atoms with van der Waals surface area (Å²) in [4.78, 5) is 4.02. The molecule has 1 N–H and O–H groups in total. The number of nitrogens with zero attached hydrogens (tertiary/aromatic N) is 1. The molecule has 0 spiro atoms. The van der Waals surface area contributed by atoms with Crippen molar-refractivity contribution < 1.29 is 17.5 Å². The number of ether oxygens (including phenoxy) is 1. The summed E-state index contributed by atoms with van der Waals surface area (Å²) < 4.78 is 46.3. The van der Waals surface area contributed by atoms with Crippen LogP contribution in [0.2, 0.25) is 5.02 Å². The van der Waals surface area contributed by atoms with Gasteiger partial charge in [0.1, 0.15) is 17.4 Å². The van der Waals surface area contributed by atoms with Crippen LogP contribution in [0.4, 0.5) is 4.39 Å². The second-order valence-corrected chi connectivity index (χ2v) is 8.11. The minimum Gasteiger partial charge on any atom is -0.475 e. The van der Waals surface area contributed by atoms with Crippen LogP contribution in [0.3, 0.4) is 0 Å². The smallest absolute Gasteiger partial charge is 0.232 e. The van der Waals surface area contributed by atoms with Crippen LogP contribution in [0.15, 0.2) is 42.6 Å². The number of hydrogen-bond acceptors (Lipinski definition) is 4. The van der Waals surface area contributed by atoms with Crippen LogP contribution in [-0.4, -0.2) is 25.5 Å². The molecule has 25 heavy (non-hydrogen) atoms. The number of rotatable bonds is 8. The lowest BCUT2D eigenvalue weighted by Crippen LogP contribution is -2.50. The summed E-state index contributed by atoms with van der Waals surface area (Å²) in [6.07, 6.45) is 2.03. The van der Waals surface area contributed by atoms with Crippen molar-refractivity contribution in [2.75, 3.05) is 6.61 Å². The van der Waals surface area contributed by atoms with Crippen molar-refractivity contribution in [2.45, 2.75) is 31.6 Å². The first kappa shape index (κ1) is 19.6. The number of halogens is 2. The molecule has 1 unspecified atom stereocenters. The van der Waals surface area contributed by atoms with Gasteiger partial charge in [-0.3, -0.25) is 0 Å². The van der Waals surface area contributed by atoms with E-state index >= 15 is 0 Å². The molecule has 0 saturated heterocycles. The Hall–Kier alpha value is -1.70. The normalized spacial score (nSPS) is 14.1. The van der Waals surface area contributed by atoms with E-state index in [0.717, 1.165) is 0 Å². The minimum atomic E-state index is -3.69. The fourth-order valence-corrected chi connectivity index (χ4v) is 3.99. The fourth-order valence-electron chi connectivity index (χ4n) is 2.17. The molecular weight excluding hydrogens is 367 g/mol. The monoisotopic (exact) mass is 386 g/mol. The maximum atomic E-state index is 13.2. The molecule has 8 heteroatoms. The predicted molar refractivity (Wildman–Crippen MR) is 95.6 cm³/mol. The highest BCUT2D eigenvalue weighted by Gasteiger charge is 2.29. The molecule has 1 aromatic carbocycles. The van der Waals surface area contributed by atoms with E-state index in [-0.39, 0.29) is 18.2 Å². The van der Waals surface area contributed by atoms with Gasteiger partial charge in [0.15, 0.2) is 0 Å². The molecule has 0 saturated carbocycles. The van der Waals surface area contributed by atoms with Gasteiger partial charge in [0.25, 0.3) is 0 Å². The SMILES string of the molecule is CCC(C)(COc1ncccc1Cl)NS(=O)(=O)Cc1cccc(F)c1. The average Bonchev–Trinajstić information content (AvgIpc) is 2.53. The van der Waals surface area contributed by atoms with Crippen molar-refractivity contribution in [3.8, 4) is 5.88 Å². The molecule has 1 aromatic heterocycles. The van der Waals surface area contributed by atoms with Gasteiger partial charge in [0, 0.05) is 6.20 Å². The minimum absolute atomic E-state index is 0.0581. The van der Waals surface area contributed by atoms with Gasteiger partial charge in [-0.05, 0) is 43.2 Å². The Morgan fingerprint density at radius 2 is 2.08 bits per heavy atom. The molecule has 1 atom stereocenters. The van der Waals surface area contributed by atoms with Crippen LogP contribution in [-0.2, 0) is 15.8 Å². The first-order valence-corrected chi connectivity index (χ1v) is 9.75.